The molecule has 0 aliphatic heterocycles. The maximum Gasteiger partial charge on any atom is 0.237 e. The van der Waals surface area contributed by atoms with Crippen molar-refractivity contribution in [3.8, 4) is 0 Å². The molecular formula is C19H29NO3S. The second kappa shape index (κ2) is 7.68. The SMILES string of the molecule is Cc1ccc(C)c(CS(=O)(=O)CC(=O)N(C)C2CCC(C)CC2)c1. The van der Waals surface area contributed by atoms with Gasteiger partial charge in [-0.1, -0.05) is 30.7 Å². The lowest BCUT2D eigenvalue weighted by molar-refractivity contribution is -0.129. The Hall–Kier alpha value is -1.36. The number of sulfone groups is 1. The summed E-state index contributed by atoms with van der Waals surface area (Å²) in [5.74, 6) is -0.0392. The number of hydrogen-bond donors (Lipinski definition) is 0. The molecule has 5 heteroatoms. The van der Waals surface area contributed by atoms with Gasteiger partial charge in [0.15, 0.2) is 9.84 Å². The van der Waals surface area contributed by atoms with Gasteiger partial charge in [0.2, 0.25) is 5.91 Å². The van der Waals surface area contributed by atoms with Gasteiger partial charge in [-0.05, 0) is 56.6 Å². The van der Waals surface area contributed by atoms with Crippen LogP contribution in [-0.2, 0) is 20.4 Å². The Morgan fingerprint density at radius 1 is 1.17 bits per heavy atom. The highest BCUT2D eigenvalue weighted by atomic mass is 32.2. The van der Waals surface area contributed by atoms with Gasteiger partial charge in [0.1, 0.15) is 5.75 Å². The van der Waals surface area contributed by atoms with Crippen LogP contribution in [0, 0.1) is 19.8 Å². The quantitative estimate of drug-likeness (QED) is 0.818. The van der Waals surface area contributed by atoms with Crippen LogP contribution in [0.4, 0.5) is 0 Å². The Balaban J connectivity index is 2.00. The number of hydrogen-bond acceptors (Lipinski definition) is 3. The van der Waals surface area contributed by atoms with E-state index in [-0.39, 0.29) is 17.7 Å². The van der Waals surface area contributed by atoms with Crippen molar-refractivity contribution in [3.05, 3.63) is 34.9 Å². The second-order valence-electron chi connectivity index (χ2n) is 7.38. The summed E-state index contributed by atoms with van der Waals surface area (Å²) in [7, 11) is -1.71. The van der Waals surface area contributed by atoms with Gasteiger partial charge < -0.3 is 4.90 Å². The molecule has 1 aliphatic carbocycles. The Morgan fingerprint density at radius 2 is 1.79 bits per heavy atom. The van der Waals surface area contributed by atoms with E-state index in [4.69, 9.17) is 0 Å². The molecule has 0 aromatic heterocycles. The van der Waals surface area contributed by atoms with E-state index in [1.54, 1.807) is 11.9 Å². The van der Waals surface area contributed by atoms with Gasteiger partial charge in [0, 0.05) is 13.1 Å². The number of benzene rings is 1. The molecule has 0 bridgehead atoms. The van der Waals surface area contributed by atoms with E-state index in [9.17, 15) is 13.2 Å². The van der Waals surface area contributed by atoms with Gasteiger partial charge in [-0.15, -0.1) is 0 Å². The van der Waals surface area contributed by atoms with E-state index < -0.39 is 15.6 Å². The van der Waals surface area contributed by atoms with Crippen LogP contribution in [0.1, 0.15) is 49.3 Å². The van der Waals surface area contributed by atoms with E-state index in [1.807, 2.05) is 32.0 Å². The molecule has 0 heterocycles. The molecule has 24 heavy (non-hydrogen) atoms. The first-order valence-electron chi connectivity index (χ1n) is 8.70. The molecule has 1 aromatic rings. The molecule has 2 rings (SSSR count). The Labute approximate surface area is 146 Å². The van der Waals surface area contributed by atoms with Crippen molar-refractivity contribution in [3.63, 3.8) is 0 Å². The minimum atomic E-state index is -3.46. The summed E-state index contributed by atoms with van der Waals surface area (Å²) in [6.45, 7) is 6.08. The van der Waals surface area contributed by atoms with Crippen LogP contribution in [0.3, 0.4) is 0 Å². The predicted octanol–water partition coefficient (Wildman–Crippen LogP) is 3.26. The van der Waals surface area contributed by atoms with Gasteiger partial charge in [0.05, 0.1) is 5.75 Å². The first kappa shape index (κ1) is 19.0. The topological polar surface area (TPSA) is 54.5 Å². The summed E-state index contributed by atoms with van der Waals surface area (Å²) in [5.41, 5.74) is 2.77. The lowest BCUT2D eigenvalue weighted by Gasteiger charge is -2.33. The lowest BCUT2D eigenvalue weighted by atomic mass is 9.87. The number of carbonyl (C=O) groups is 1. The zero-order valence-corrected chi connectivity index (χ0v) is 16.0. The van der Waals surface area contributed by atoms with Crippen molar-refractivity contribution < 1.29 is 13.2 Å². The molecule has 0 atom stereocenters. The molecular weight excluding hydrogens is 322 g/mol. The summed E-state index contributed by atoms with van der Waals surface area (Å²) in [5, 5.41) is 0. The molecule has 1 aromatic carbocycles. The van der Waals surface area contributed by atoms with Crippen LogP contribution in [0.25, 0.3) is 0 Å². The standard InChI is InChI=1S/C19H29NO3S/c1-14-6-9-18(10-7-14)20(4)19(21)13-24(22,23)12-17-11-15(2)5-8-16(17)3/h5,8,11,14,18H,6-7,9-10,12-13H2,1-4H3. The molecule has 0 radical (unpaired) electrons. The largest absolute Gasteiger partial charge is 0.342 e. The summed E-state index contributed by atoms with van der Waals surface area (Å²) in [6.07, 6.45) is 4.16. The average molecular weight is 352 g/mol. The molecule has 1 aliphatic rings. The highest BCUT2D eigenvalue weighted by Crippen LogP contribution is 2.26. The van der Waals surface area contributed by atoms with E-state index >= 15 is 0 Å². The summed E-state index contributed by atoms with van der Waals surface area (Å²) in [6, 6.07) is 5.97. The zero-order valence-electron chi connectivity index (χ0n) is 15.2. The number of aryl methyl sites for hydroxylation is 2. The summed E-state index contributed by atoms with van der Waals surface area (Å²) >= 11 is 0. The fraction of sp³-hybridized carbons (Fsp3) is 0.632. The lowest BCUT2D eigenvalue weighted by Crippen LogP contribution is -2.42. The predicted molar refractivity (Wildman–Crippen MR) is 97.6 cm³/mol. The third kappa shape index (κ3) is 5.07. The minimum Gasteiger partial charge on any atom is -0.342 e. The third-order valence-electron chi connectivity index (χ3n) is 5.15. The molecule has 1 fully saturated rings. The molecule has 0 N–H and O–H groups in total. The molecule has 1 saturated carbocycles. The maximum absolute atomic E-state index is 12.5. The molecule has 0 spiro atoms. The fourth-order valence-corrected chi connectivity index (χ4v) is 4.83. The Kier molecular flexibility index (Phi) is 6.07. The second-order valence-corrected chi connectivity index (χ2v) is 9.45. The monoisotopic (exact) mass is 351 g/mol. The first-order valence-corrected chi connectivity index (χ1v) is 10.5. The van der Waals surface area contributed by atoms with Gasteiger partial charge in [-0.2, -0.15) is 0 Å². The number of carbonyl (C=O) groups excluding carboxylic acids is 1. The molecule has 134 valence electrons. The Bertz CT molecular complexity index is 689. The number of rotatable bonds is 5. The van der Waals surface area contributed by atoms with Crippen molar-refractivity contribution >= 4 is 15.7 Å². The van der Waals surface area contributed by atoms with Crippen molar-refractivity contribution in [2.45, 2.75) is 58.2 Å². The smallest absolute Gasteiger partial charge is 0.237 e. The highest BCUT2D eigenvalue weighted by Gasteiger charge is 2.27. The zero-order chi connectivity index (χ0) is 17.9. The normalized spacial score (nSPS) is 21.5. The first-order chi connectivity index (χ1) is 11.2. The Morgan fingerprint density at radius 3 is 2.42 bits per heavy atom. The fourth-order valence-electron chi connectivity index (χ4n) is 3.37. The van der Waals surface area contributed by atoms with Crippen molar-refractivity contribution in [2.75, 3.05) is 12.8 Å². The third-order valence-corrected chi connectivity index (χ3v) is 6.59. The van der Waals surface area contributed by atoms with Crippen LogP contribution >= 0.6 is 0 Å². The van der Waals surface area contributed by atoms with E-state index in [0.29, 0.717) is 5.92 Å². The summed E-state index contributed by atoms with van der Waals surface area (Å²) < 4.78 is 24.9. The van der Waals surface area contributed by atoms with Crippen molar-refractivity contribution in [1.82, 2.24) is 4.90 Å². The van der Waals surface area contributed by atoms with Crippen LogP contribution in [0.5, 0.6) is 0 Å². The van der Waals surface area contributed by atoms with Gasteiger partial charge >= 0.3 is 0 Å². The van der Waals surface area contributed by atoms with Crippen molar-refractivity contribution in [1.29, 1.82) is 0 Å². The van der Waals surface area contributed by atoms with Crippen molar-refractivity contribution in [2.24, 2.45) is 5.92 Å². The molecule has 0 saturated heterocycles. The van der Waals surface area contributed by atoms with Gasteiger partial charge in [0.25, 0.3) is 0 Å². The van der Waals surface area contributed by atoms with E-state index in [0.717, 1.165) is 42.4 Å². The maximum atomic E-state index is 12.5. The van der Waals surface area contributed by atoms with Crippen LogP contribution < -0.4 is 0 Å². The van der Waals surface area contributed by atoms with Gasteiger partial charge in [-0.25, -0.2) is 8.42 Å². The highest BCUT2D eigenvalue weighted by molar-refractivity contribution is 7.91. The van der Waals surface area contributed by atoms with Gasteiger partial charge in [-0.3, -0.25) is 4.79 Å². The molecule has 4 nitrogen and oxygen atoms in total. The summed E-state index contributed by atoms with van der Waals surface area (Å²) in [4.78, 5) is 14.1. The average Bonchev–Trinajstić information content (AvgIpc) is 2.50. The van der Waals surface area contributed by atoms with Crippen LogP contribution in [0.2, 0.25) is 0 Å². The number of amides is 1. The molecule has 0 unspecified atom stereocenters. The molecule has 1 amide bonds. The van der Waals surface area contributed by atoms with Crippen LogP contribution in [-0.4, -0.2) is 38.1 Å². The minimum absolute atomic E-state index is 0.0677. The number of nitrogens with zero attached hydrogens (tertiary/aromatic N) is 1. The van der Waals surface area contributed by atoms with E-state index in [2.05, 4.69) is 6.92 Å². The van der Waals surface area contributed by atoms with Crippen LogP contribution in [0.15, 0.2) is 18.2 Å². The van der Waals surface area contributed by atoms with E-state index in [1.165, 1.54) is 0 Å².